The van der Waals surface area contributed by atoms with Crippen molar-refractivity contribution in [1.82, 2.24) is 9.80 Å². The highest BCUT2D eigenvalue weighted by Gasteiger charge is 2.35. The van der Waals surface area contributed by atoms with Crippen molar-refractivity contribution in [2.24, 2.45) is 0 Å². The number of hydrogen-bond donors (Lipinski definition) is 0. The van der Waals surface area contributed by atoms with Crippen LogP contribution in [0.4, 0.5) is 0 Å². The molecule has 0 spiro atoms. The molecular formula is C23H26N2O4. The summed E-state index contributed by atoms with van der Waals surface area (Å²) in [6.45, 7) is 5.51. The zero-order chi connectivity index (χ0) is 21.0. The smallest absolute Gasteiger partial charge is 0.261 e. The molecule has 0 atom stereocenters. The lowest BCUT2D eigenvalue weighted by Crippen LogP contribution is -2.33. The minimum absolute atomic E-state index is 0.102. The Hall–Kier alpha value is -3.15. The zero-order valence-corrected chi connectivity index (χ0v) is 17.1. The third-order valence-corrected chi connectivity index (χ3v) is 4.99. The Morgan fingerprint density at radius 2 is 1.55 bits per heavy atom. The van der Waals surface area contributed by atoms with Crippen molar-refractivity contribution in [3.05, 3.63) is 64.7 Å². The van der Waals surface area contributed by atoms with Gasteiger partial charge >= 0.3 is 0 Å². The van der Waals surface area contributed by atoms with E-state index in [-0.39, 0.29) is 24.3 Å². The van der Waals surface area contributed by atoms with Gasteiger partial charge in [0, 0.05) is 13.1 Å². The molecule has 152 valence electrons. The van der Waals surface area contributed by atoms with E-state index in [0.717, 1.165) is 12.8 Å². The van der Waals surface area contributed by atoms with Gasteiger partial charge in [0.25, 0.3) is 17.7 Å². The maximum absolute atomic E-state index is 13.1. The molecule has 0 radical (unpaired) electrons. The van der Waals surface area contributed by atoms with Crippen molar-refractivity contribution < 1.29 is 19.1 Å². The van der Waals surface area contributed by atoms with Crippen LogP contribution in [0, 0.1) is 0 Å². The quantitative estimate of drug-likeness (QED) is 0.640. The Bertz CT molecular complexity index is 897. The standard InChI is InChI=1S/C23H26N2O4/c1-4-12-24(13-5-2)21(26)19-14-16(10-11-20(19)29-3)15-25-22(27)17-8-6-7-9-18(17)23(25)28/h6-11,14H,4-5,12-13,15H2,1-3H3. The Morgan fingerprint density at radius 1 is 0.966 bits per heavy atom. The summed E-state index contributed by atoms with van der Waals surface area (Å²) in [6.07, 6.45) is 1.73. The summed E-state index contributed by atoms with van der Waals surface area (Å²) in [5.74, 6) is -0.242. The third kappa shape index (κ3) is 4.01. The van der Waals surface area contributed by atoms with Gasteiger partial charge in [0.2, 0.25) is 0 Å². The fraction of sp³-hybridized carbons (Fsp3) is 0.348. The van der Waals surface area contributed by atoms with Gasteiger partial charge in [-0.1, -0.05) is 32.0 Å². The summed E-state index contributed by atoms with van der Waals surface area (Å²) in [6, 6.07) is 12.0. The second kappa shape index (κ2) is 8.90. The average Bonchev–Trinajstić information content (AvgIpc) is 2.98. The van der Waals surface area contributed by atoms with Crippen molar-refractivity contribution in [1.29, 1.82) is 0 Å². The topological polar surface area (TPSA) is 66.9 Å². The molecule has 0 N–H and O–H groups in total. The predicted molar refractivity (Wildman–Crippen MR) is 110 cm³/mol. The molecule has 29 heavy (non-hydrogen) atoms. The van der Waals surface area contributed by atoms with Crippen LogP contribution in [0.25, 0.3) is 0 Å². The van der Waals surface area contributed by atoms with Gasteiger partial charge in [0.15, 0.2) is 0 Å². The first kappa shape index (κ1) is 20.6. The average molecular weight is 394 g/mol. The molecule has 2 aromatic carbocycles. The summed E-state index contributed by atoms with van der Waals surface area (Å²) >= 11 is 0. The highest BCUT2D eigenvalue weighted by atomic mass is 16.5. The first-order valence-corrected chi connectivity index (χ1v) is 9.93. The molecule has 3 amide bonds. The fourth-order valence-corrected chi connectivity index (χ4v) is 3.61. The first-order chi connectivity index (χ1) is 14.0. The van der Waals surface area contributed by atoms with Gasteiger partial charge in [0.05, 0.1) is 30.3 Å². The molecule has 0 aromatic heterocycles. The van der Waals surface area contributed by atoms with Gasteiger partial charge < -0.3 is 9.64 Å². The Labute approximate surface area is 171 Å². The van der Waals surface area contributed by atoms with E-state index in [2.05, 4.69) is 0 Å². The summed E-state index contributed by atoms with van der Waals surface area (Å²) in [4.78, 5) is 41.4. The van der Waals surface area contributed by atoms with Crippen molar-refractivity contribution in [2.45, 2.75) is 33.2 Å². The largest absolute Gasteiger partial charge is 0.496 e. The summed E-state index contributed by atoms with van der Waals surface area (Å²) in [7, 11) is 1.53. The zero-order valence-electron chi connectivity index (χ0n) is 17.1. The maximum Gasteiger partial charge on any atom is 0.261 e. The number of fused-ring (bicyclic) bond motifs is 1. The lowest BCUT2D eigenvalue weighted by molar-refractivity contribution is 0.0642. The number of rotatable bonds is 8. The van der Waals surface area contributed by atoms with Crippen LogP contribution in [-0.2, 0) is 6.54 Å². The Morgan fingerprint density at radius 3 is 2.07 bits per heavy atom. The number of carbonyl (C=O) groups excluding carboxylic acids is 3. The molecule has 0 saturated carbocycles. The van der Waals surface area contributed by atoms with E-state index >= 15 is 0 Å². The number of carbonyl (C=O) groups is 3. The van der Waals surface area contributed by atoms with Crippen LogP contribution in [0.3, 0.4) is 0 Å². The summed E-state index contributed by atoms with van der Waals surface area (Å²) in [5.41, 5.74) is 1.99. The Balaban J connectivity index is 1.89. The maximum atomic E-state index is 13.1. The predicted octanol–water partition coefficient (Wildman–Crippen LogP) is 3.75. The second-order valence-corrected chi connectivity index (χ2v) is 7.07. The van der Waals surface area contributed by atoms with E-state index in [1.165, 1.54) is 12.0 Å². The third-order valence-electron chi connectivity index (χ3n) is 4.99. The molecular weight excluding hydrogens is 368 g/mol. The fourth-order valence-electron chi connectivity index (χ4n) is 3.61. The van der Waals surface area contributed by atoms with E-state index in [1.54, 1.807) is 42.5 Å². The van der Waals surface area contributed by atoms with Crippen LogP contribution in [-0.4, -0.2) is 47.7 Å². The van der Waals surface area contributed by atoms with Gasteiger partial charge in [-0.25, -0.2) is 0 Å². The van der Waals surface area contributed by atoms with E-state index in [1.807, 2.05) is 18.7 Å². The molecule has 6 heteroatoms. The van der Waals surface area contributed by atoms with E-state index in [0.29, 0.717) is 41.1 Å². The van der Waals surface area contributed by atoms with Gasteiger partial charge in [0.1, 0.15) is 5.75 Å². The highest BCUT2D eigenvalue weighted by Crippen LogP contribution is 2.27. The second-order valence-electron chi connectivity index (χ2n) is 7.07. The van der Waals surface area contributed by atoms with Crippen molar-refractivity contribution >= 4 is 17.7 Å². The van der Waals surface area contributed by atoms with E-state index in [9.17, 15) is 14.4 Å². The normalized spacial score (nSPS) is 12.9. The van der Waals surface area contributed by atoms with E-state index < -0.39 is 0 Å². The lowest BCUT2D eigenvalue weighted by Gasteiger charge is -2.23. The Kier molecular flexibility index (Phi) is 6.32. The monoisotopic (exact) mass is 394 g/mol. The summed E-state index contributed by atoms with van der Waals surface area (Å²) in [5, 5.41) is 0. The number of hydrogen-bond acceptors (Lipinski definition) is 4. The highest BCUT2D eigenvalue weighted by molar-refractivity contribution is 6.21. The van der Waals surface area contributed by atoms with Crippen LogP contribution in [0.2, 0.25) is 0 Å². The van der Waals surface area contributed by atoms with Crippen LogP contribution in [0.5, 0.6) is 5.75 Å². The number of amides is 3. The molecule has 0 aliphatic carbocycles. The van der Waals surface area contributed by atoms with Crippen LogP contribution in [0.1, 0.15) is 63.3 Å². The first-order valence-electron chi connectivity index (χ1n) is 9.93. The number of nitrogens with zero attached hydrogens (tertiary/aromatic N) is 2. The molecule has 0 unspecified atom stereocenters. The molecule has 6 nitrogen and oxygen atoms in total. The van der Waals surface area contributed by atoms with Crippen molar-refractivity contribution in [3.63, 3.8) is 0 Å². The summed E-state index contributed by atoms with van der Waals surface area (Å²) < 4.78 is 5.40. The van der Waals surface area contributed by atoms with Gasteiger partial charge in [-0.15, -0.1) is 0 Å². The molecule has 1 aliphatic rings. The molecule has 1 aliphatic heterocycles. The SMILES string of the molecule is CCCN(CCC)C(=O)c1cc(CN2C(=O)c3ccccc3C2=O)ccc1OC. The van der Waals surface area contributed by atoms with Gasteiger partial charge in [-0.2, -0.15) is 0 Å². The van der Waals surface area contributed by atoms with Gasteiger partial charge in [-0.05, 0) is 42.7 Å². The van der Waals surface area contributed by atoms with Crippen LogP contribution >= 0.6 is 0 Å². The molecule has 2 aromatic rings. The molecule has 1 heterocycles. The number of methoxy groups -OCH3 is 1. The van der Waals surface area contributed by atoms with Crippen molar-refractivity contribution in [3.8, 4) is 5.75 Å². The minimum atomic E-state index is -0.312. The lowest BCUT2D eigenvalue weighted by atomic mass is 10.1. The molecule has 3 rings (SSSR count). The molecule has 0 saturated heterocycles. The number of ether oxygens (including phenoxy) is 1. The van der Waals surface area contributed by atoms with Crippen molar-refractivity contribution in [2.75, 3.05) is 20.2 Å². The van der Waals surface area contributed by atoms with E-state index in [4.69, 9.17) is 4.74 Å². The van der Waals surface area contributed by atoms with Crippen LogP contribution in [0.15, 0.2) is 42.5 Å². The minimum Gasteiger partial charge on any atom is -0.496 e. The number of imide groups is 1. The number of benzene rings is 2. The van der Waals surface area contributed by atoms with Crippen LogP contribution < -0.4 is 4.74 Å². The van der Waals surface area contributed by atoms with Gasteiger partial charge in [-0.3, -0.25) is 19.3 Å². The molecule has 0 bridgehead atoms. The molecule has 0 fully saturated rings.